The molecule has 2 rings (SSSR count). The van der Waals surface area contributed by atoms with Crippen LogP contribution in [-0.4, -0.2) is 29.1 Å². The lowest BCUT2D eigenvalue weighted by Crippen LogP contribution is -2.40. The molecule has 124 valence electrons. The maximum Gasteiger partial charge on any atom is 0.258 e. The Morgan fingerprint density at radius 3 is 2.57 bits per heavy atom. The zero-order valence-corrected chi connectivity index (χ0v) is 13.9. The maximum atomic E-state index is 12.9. The number of nitrogens with zero attached hydrogens (tertiary/aromatic N) is 1. The fourth-order valence-electron chi connectivity index (χ4n) is 2.31. The number of phenolic OH excluding ortho intramolecular Hbond substituents is 1. The second kappa shape index (κ2) is 7.22. The van der Waals surface area contributed by atoms with E-state index in [-0.39, 0.29) is 29.2 Å². The van der Waals surface area contributed by atoms with E-state index < -0.39 is 0 Å². The lowest BCUT2D eigenvalue weighted by molar-refractivity contribution is 0.0608. The Balaban J connectivity index is 2.32. The van der Waals surface area contributed by atoms with Crippen LogP contribution in [0.1, 0.15) is 36.9 Å². The molecule has 5 nitrogen and oxygen atoms in total. The van der Waals surface area contributed by atoms with Gasteiger partial charge in [-0.25, -0.2) is 0 Å². The summed E-state index contributed by atoms with van der Waals surface area (Å²) in [6, 6.07) is 8.31. The Bertz CT molecular complexity index is 649. The third kappa shape index (κ3) is 3.86. The molecule has 0 aliphatic rings. The van der Waals surface area contributed by atoms with E-state index in [2.05, 4.69) is 13.8 Å². The summed E-state index contributed by atoms with van der Waals surface area (Å²) in [5.41, 5.74) is 0.254. The molecule has 0 bridgehead atoms. The van der Waals surface area contributed by atoms with Gasteiger partial charge in [-0.2, -0.15) is 0 Å². The van der Waals surface area contributed by atoms with Crippen LogP contribution < -0.4 is 4.74 Å². The standard InChI is InChI=1S/C18H23NO4/c1-12(2)13(3)19(11-15-6-5-9-23-15)18(21)16-8-7-14(22-4)10-17(16)20/h5-10,12-13,20H,11H2,1-4H3/t13-/m0/s1. The molecule has 0 unspecified atom stereocenters. The monoisotopic (exact) mass is 317 g/mol. The summed E-state index contributed by atoms with van der Waals surface area (Å²) in [5.74, 6) is 1.17. The highest BCUT2D eigenvalue weighted by Crippen LogP contribution is 2.27. The molecule has 1 amide bonds. The van der Waals surface area contributed by atoms with E-state index >= 15 is 0 Å². The van der Waals surface area contributed by atoms with Crippen LogP contribution in [0.5, 0.6) is 11.5 Å². The minimum absolute atomic E-state index is 0.00546. The Hall–Kier alpha value is -2.43. The van der Waals surface area contributed by atoms with Crippen LogP contribution in [0.4, 0.5) is 0 Å². The van der Waals surface area contributed by atoms with Gasteiger partial charge >= 0.3 is 0 Å². The number of benzene rings is 1. The molecule has 2 aromatic rings. The van der Waals surface area contributed by atoms with Crippen molar-refractivity contribution in [2.24, 2.45) is 5.92 Å². The molecule has 23 heavy (non-hydrogen) atoms. The van der Waals surface area contributed by atoms with E-state index in [0.717, 1.165) is 0 Å². The molecule has 0 fully saturated rings. The van der Waals surface area contributed by atoms with E-state index in [9.17, 15) is 9.90 Å². The highest BCUT2D eigenvalue weighted by atomic mass is 16.5. The molecule has 1 aromatic heterocycles. The van der Waals surface area contributed by atoms with Crippen LogP contribution in [0.15, 0.2) is 41.0 Å². The largest absolute Gasteiger partial charge is 0.507 e. The van der Waals surface area contributed by atoms with Crippen molar-refractivity contribution in [3.8, 4) is 11.5 Å². The van der Waals surface area contributed by atoms with Crippen molar-refractivity contribution >= 4 is 5.91 Å². The minimum Gasteiger partial charge on any atom is -0.507 e. The summed E-state index contributed by atoms with van der Waals surface area (Å²) >= 11 is 0. The molecule has 0 spiro atoms. The number of aromatic hydroxyl groups is 1. The Morgan fingerprint density at radius 2 is 2.04 bits per heavy atom. The molecule has 0 saturated heterocycles. The van der Waals surface area contributed by atoms with Crippen molar-refractivity contribution in [1.29, 1.82) is 0 Å². The first kappa shape index (κ1) is 16.9. The van der Waals surface area contributed by atoms with Gasteiger partial charge in [0.2, 0.25) is 0 Å². The van der Waals surface area contributed by atoms with Crippen LogP contribution in [0.25, 0.3) is 0 Å². The lowest BCUT2D eigenvalue weighted by Gasteiger charge is -2.31. The topological polar surface area (TPSA) is 62.9 Å². The van der Waals surface area contributed by atoms with Crippen LogP contribution in [-0.2, 0) is 6.54 Å². The smallest absolute Gasteiger partial charge is 0.258 e. The summed E-state index contributed by atoms with van der Waals surface area (Å²) in [6.45, 7) is 6.46. The molecular formula is C18H23NO4. The SMILES string of the molecule is COc1ccc(C(=O)N(Cc2ccco2)[C@@H](C)C(C)C)c(O)c1. The van der Waals surface area contributed by atoms with Gasteiger partial charge in [0.05, 0.1) is 25.5 Å². The Labute approximate surface area is 136 Å². The molecule has 1 aromatic carbocycles. The number of carbonyl (C=O) groups is 1. The number of furan rings is 1. The van der Waals surface area contributed by atoms with E-state index in [1.54, 1.807) is 29.4 Å². The van der Waals surface area contributed by atoms with Gasteiger partial charge in [-0.15, -0.1) is 0 Å². The molecule has 1 heterocycles. The number of amides is 1. The lowest BCUT2D eigenvalue weighted by atomic mass is 10.0. The third-order valence-corrected chi connectivity index (χ3v) is 4.06. The predicted molar refractivity (Wildman–Crippen MR) is 87.5 cm³/mol. The number of hydrogen-bond donors (Lipinski definition) is 1. The maximum absolute atomic E-state index is 12.9. The first-order valence-corrected chi connectivity index (χ1v) is 7.64. The van der Waals surface area contributed by atoms with Crippen LogP contribution in [0.2, 0.25) is 0 Å². The molecule has 0 radical (unpaired) electrons. The third-order valence-electron chi connectivity index (χ3n) is 4.06. The zero-order chi connectivity index (χ0) is 17.0. The highest BCUT2D eigenvalue weighted by molar-refractivity contribution is 5.97. The number of ether oxygens (including phenoxy) is 1. The van der Waals surface area contributed by atoms with Crippen LogP contribution in [0, 0.1) is 5.92 Å². The molecule has 0 aliphatic heterocycles. The summed E-state index contributed by atoms with van der Waals surface area (Å²) in [5, 5.41) is 10.1. The normalized spacial score (nSPS) is 12.2. The second-order valence-electron chi connectivity index (χ2n) is 5.88. The van der Waals surface area contributed by atoms with Crippen molar-refractivity contribution in [2.45, 2.75) is 33.4 Å². The minimum atomic E-state index is -0.234. The summed E-state index contributed by atoms with van der Waals surface area (Å²) in [4.78, 5) is 14.6. The second-order valence-corrected chi connectivity index (χ2v) is 5.88. The molecular weight excluding hydrogens is 294 g/mol. The fourth-order valence-corrected chi connectivity index (χ4v) is 2.31. The molecule has 0 saturated carbocycles. The number of methoxy groups -OCH3 is 1. The van der Waals surface area contributed by atoms with Gasteiger partial charge in [-0.3, -0.25) is 4.79 Å². The van der Waals surface area contributed by atoms with Gasteiger partial charge in [-0.1, -0.05) is 13.8 Å². The average molecular weight is 317 g/mol. The fraction of sp³-hybridized carbons (Fsp3) is 0.389. The zero-order valence-electron chi connectivity index (χ0n) is 13.9. The molecule has 5 heteroatoms. The molecule has 1 N–H and O–H groups in total. The number of hydrogen-bond acceptors (Lipinski definition) is 4. The van der Waals surface area contributed by atoms with Crippen molar-refractivity contribution in [3.63, 3.8) is 0 Å². The van der Waals surface area contributed by atoms with E-state index in [0.29, 0.717) is 18.1 Å². The number of phenols is 1. The summed E-state index contributed by atoms with van der Waals surface area (Å²) in [6.07, 6.45) is 1.59. The van der Waals surface area contributed by atoms with Gasteiger partial charge < -0.3 is 19.2 Å². The number of carbonyl (C=O) groups excluding carboxylic acids is 1. The van der Waals surface area contributed by atoms with Crippen LogP contribution in [0.3, 0.4) is 0 Å². The van der Waals surface area contributed by atoms with E-state index in [1.165, 1.54) is 13.2 Å². The van der Waals surface area contributed by atoms with E-state index in [4.69, 9.17) is 9.15 Å². The van der Waals surface area contributed by atoms with Gasteiger partial charge in [0.25, 0.3) is 5.91 Å². The van der Waals surface area contributed by atoms with Crippen molar-refractivity contribution in [1.82, 2.24) is 4.90 Å². The van der Waals surface area contributed by atoms with Gasteiger partial charge in [0.1, 0.15) is 17.3 Å². The predicted octanol–water partition coefficient (Wildman–Crippen LogP) is 3.68. The Morgan fingerprint density at radius 1 is 1.30 bits per heavy atom. The van der Waals surface area contributed by atoms with Gasteiger partial charge in [0.15, 0.2) is 0 Å². The average Bonchev–Trinajstić information content (AvgIpc) is 3.04. The quantitative estimate of drug-likeness (QED) is 0.883. The Kier molecular flexibility index (Phi) is 5.32. The summed E-state index contributed by atoms with van der Waals surface area (Å²) < 4.78 is 10.4. The van der Waals surface area contributed by atoms with Crippen molar-refractivity contribution in [3.05, 3.63) is 47.9 Å². The van der Waals surface area contributed by atoms with E-state index in [1.807, 2.05) is 13.0 Å². The van der Waals surface area contributed by atoms with Crippen molar-refractivity contribution < 1.29 is 19.1 Å². The summed E-state index contributed by atoms with van der Waals surface area (Å²) in [7, 11) is 1.51. The van der Waals surface area contributed by atoms with Crippen LogP contribution >= 0.6 is 0 Å². The molecule has 1 atom stereocenters. The first-order valence-electron chi connectivity index (χ1n) is 7.64. The van der Waals surface area contributed by atoms with Gasteiger partial charge in [0, 0.05) is 12.1 Å². The number of rotatable bonds is 6. The van der Waals surface area contributed by atoms with Crippen molar-refractivity contribution in [2.75, 3.05) is 7.11 Å². The molecule has 0 aliphatic carbocycles. The van der Waals surface area contributed by atoms with Gasteiger partial charge in [-0.05, 0) is 37.1 Å². The highest BCUT2D eigenvalue weighted by Gasteiger charge is 2.26. The first-order chi connectivity index (χ1) is 10.9.